The molecule has 0 unspecified atom stereocenters. The van der Waals surface area contributed by atoms with Crippen molar-refractivity contribution in [3.05, 3.63) is 0 Å². The summed E-state index contributed by atoms with van der Waals surface area (Å²) < 4.78 is 47.7. The van der Waals surface area contributed by atoms with Gasteiger partial charge in [0.2, 0.25) is 0 Å². The smallest absolute Gasteiger partial charge is 0.381 e. The quantitative estimate of drug-likeness (QED) is 0.325. The molecule has 1 aliphatic heterocycles. The number of halogens is 3. The van der Waals surface area contributed by atoms with Gasteiger partial charge >= 0.3 is 6.18 Å². The van der Waals surface area contributed by atoms with Crippen LogP contribution >= 0.6 is 0 Å². The van der Waals surface area contributed by atoms with Crippen LogP contribution in [0.3, 0.4) is 0 Å². The third-order valence-corrected chi connectivity index (χ3v) is 4.13. The fraction of sp³-hybridized carbons (Fsp3) is 0.941. The Morgan fingerprint density at radius 1 is 1.19 bits per heavy atom. The van der Waals surface area contributed by atoms with E-state index in [1.54, 1.807) is 7.05 Å². The molecule has 1 rings (SSSR count). The first-order chi connectivity index (χ1) is 12.4. The van der Waals surface area contributed by atoms with E-state index in [9.17, 15) is 13.2 Å². The van der Waals surface area contributed by atoms with Crippen LogP contribution in [-0.2, 0) is 9.47 Å². The molecule has 0 atom stereocenters. The van der Waals surface area contributed by atoms with Gasteiger partial charge in [-0.05, 0) is 45.2 Å². The number of nitrogens with one attached hydrogen (secondary N) is 2. The van der Waals surface area contributed by atoms with Gasteiger partial charge in [0.1, 0.15) is 0 Å². The van der Waals surface area contributed by atoms with Crippen LogP contribution in [0.5, 0.6) is 0 Å². The molecule has 0 radical (unpaired) electrons. The van der Waals surface area contributed by atoms with Crippen molar-refractivity contribution >= 4 is 5.96 Å². The molecular weight excluding hydrogens is 349 g/mol. The van der Waals surface area contributed by atoms with Gasteiger partial charge in [0.05, 0.1) is 6.54 Å². The SMILES string of the molecule is CN=C(NCCCOCC1CCOCC1)NCCCN(C)CC(F)(F)F. The minimum absolute atomic E-state index is 0.379. The molecule has 0 saturated carbocycles. The zero-order valence-corrected chi connectivity index (χ0v) is 15.9. The van der Waals surface area contributed by atoms with Gasteiger partial charge in [-0.25, -0.2) is 0 Å². The zero-order valence-electron chi connectivity index (χ0n) is 15.9. The maximum Gasteiger partial charge on any atom is 0.401 e. The highest BCUT2D eigenvalue weighted by atomic mass is 19.4. The van der Waals surface area contributed by atoms with Crippen molar-refractivity contribution in [2.45, 2.75) is 31.9 Å². The lowest BCUT2D eigenvalue weighted by molar-refractivity contribution is -0.143. The lowest BCUT2D eigenvalue weighted by Gasteiger charge is -2.21. The first kappa shape index (κ1) is 23.0. The van der Waals surface area contributed by atoms with E-state index in [1.807, 2.05) is 0 Å². The monoisotopic (exact) mass is 382 g/mol. The maximum atomic E-state index is 12.2. The predicted molar refractivity (Wildman–Crippen MR) is 96.5 cm³/mol. The minimum Gasteiger partial charge on any atom is -0.381 e. The molecule has 0 bridgehead atoms. The summed E-state index contributed by atoms with van der Waals surface area (Å²) in [7, 11) is 3.15. The van der Waals surface area contributed by atoms with Crippen LogP contribution in [0.1, 0.15) is 25.7 Å². The molecule has 0 spiro atoms. The highest BCUT2D eigenvalue weighted by Crippen LogP contribution is 2.15. The van der Waals surface area contributed by atoms with Gasteiger partial charge in [-0.15, -0.1) is 0 Å². The average molecular weight is 382 g/mol. The standard InChI is InChI=1S/C17H33F3N4O2/c1-21-16(22-7-3-9-24(2)14-17(18,19)20)23-8-4-10-26-13-15-5-11-25-12-6-15/h15H,3-14H2,1-2H3,(H2,21,22,23). The molecule has 1 heterocycles. The number of nitrogens with zero attached hydrogens (tertiary/aromatic N) is 2. The molecular formula is C17H33F3N4O2. The van der Waals surface area contributed by atoms with E-state index < -0.39 is 12.7 Å². The molecule has 6 nitrogen and oxygen atoms in total. The van der Waals surface area contributed by atoms with Crippen LogP contribution < -0.4 is 10.6 Å². The molecule has 1 aliphatic rings. The van der Waals surface area contributed by atoms with E-state index in [4.69, 9.17) is 9.47 Å². The highest BCUT2D eigenvalue weighted by Gasteiger charge is 2.28. The fourth-order valence-corrected chi connectivity index (χ4v) is 2.71. The number of rotatable bonds is 11. The Labute approximate surface area is 154 Å². The van der Waals surface area contributed by atoms with Gasteiger partial charge in [-0.2, -0.15) is 13.2 Å². The van der Waals surface area contributed by atoms with Crippen molar-refractivity contribution in [3.8, 4) is 0 Å². The molecule has 9 heteroatoms. The number of ether oxygens (including phenoxy) is 2. The van der Waals surface area contributed by atoms with Gasteiger partial charge in [0, 0.05) is 46.6 Å². The van der Waals surface area contributed by atoms with Crippen LogP contribution in [0.2, 0.25) is 0 Å². The summed E-state index contributed by atoms with van der Waals surface area (Å²) in [5, 5.41) is 6.29. The highest BCUT2D eigenvalue weighted by molar-refractivity contribution is 5.79. The lowest BCUT2D eigenvalue weighted by atomic mass is 10.0. The summed E-state index contributed by atoms with van der Waals surface area (Å²) in [6.07, 6.45) is -0.508. The lowest BCUT2D eigenvalue weighted by Crippen LogP contribution is -2.39. The molecule has 0 amide bonds. The topological polar surface area (TPSA) is 58.1 Å². The third kappa shape index (κ3) is 12.3. The summed E-state index contributed by atoms with van der Waals surface area (Å²) in [6.45, 7) is 3.97. The van der Waals surface area contributed by atoms with Crippen molar-refractivity contribution in [3.63, 3.8) is 0 Å². The second kappa shape index (κ2) is 13.2. The molecule has 1 saturated heterocycles. The third-order valence-electron chi connectivity index (χ3n) is 4.13. The van der Waals surface area contributed by atoms with Crippen LogP contribution in [-0.4, -0.2) is 83.7 Å². The Morgan fingerprint density at radius 2 is 1.85 bits per heavy atom. The first-order valence-corrected chi connectivity index (χ1v) is 9.26. The Morgan fingerprint density at radius 3 is 2.46 bits per heavy atom. The van der Waals surface area contributed by atoms with Crippen molar-refractivity contribution in [2.75, 3.05) is 66.7 Å². The molecule has 2 N–H and O–H groups in total. The summed E-state index contributed by atoms with van der Waals surface area (Å²) in [5.74, 6) is 1.27. The summed E-state index contributed by atoms with van der Waals surface area (Å²) in [4.78, 5) is 5.37. The molecule has 0 aromatic rings. The van der Waals surface area contributed by atoms with E-state index >= 15 is 0 Å². The van der Waals surface area contributed by atoms with Crippen LogP contribution in [0, 0.1) is 5.92 Å². The molecule has 0 aromatic carbocycles. The Kier molecular flexibility index (Phi) is 11.6. The van der Waals surface area contributed by atoms with Gasteiger partial charge in [-0.3, -0.25) is 9.89 Å². The summed E-state index contributed by atoms with van der Waals surface area (Å²) in [5.41, 5.74) is 0. The number of aliphatic imine (C=N–C) groups is 1. The molecule has 26 heavy (non-hydrogen) atoms. The van der Waals surface area contributed by atoms with Crippen molar-refractivity contribution in [1.29, 1.82) is 0 Å². The number of guanidine groups is 1. The second-order valence-electron chi connectivity index (χ2n) is 6.62. The van der Waals surface area contributed by atoms with Gasteiger partial charge in [-0.1, -0.05) is 0 Å². The van der Waals surface area contributed by atoms with Crippen LogP contribution in [0.4, 0.5) is 13.2 Å². The molecule has 0 aliphatic carbocycles. The molecule has 154 valence electrons. The van der Waals surface area contributed by atoms with E-state index in [-0.39, 0.29) is 0 Å². The van der Waals surface area contributed by atoms with Crippen molar-refractivity contribution < 1.29 is 22.6 Å². The second-order valence-corrected chi connectivity index (χ2v) is 6.62. The Bertz CT molecular complexity index is 389. The van der Waals surface area contributed by atoms with E-state index in [1.165, 1.54) is 11.9 Å². The summed E-state index contributed by atoms with van der Waals surface area (Å²) >= 11 is 0. The summed E-state index contributed by atoms with van der Waals surface area (Å²) in [6, 6.07) is 0. The number of hydrogen-bond acceptors (Lipinski definition) is 4. The van der Waals surface area contributed by atoms with Crippen molar-refractivity contribution in [2.24, 2.45) is 10.9 Å². The molecule has 0 aromatic heterocycles. The van der Waals surface area contributed by atoms with Gasteiger partial charge in [0.15, 0.2) is 5.96 Å². The first-order valence-electron chi connectivity index (χ1n) is 9.26. The predicted octanol–water partition coefficient (Wildman–Crippen LogP) is 1.87. The van der Waals surface area contributed by atoms with Gasteiger partial charge in [0.25, 0.3) is 0 Å². The zero-order chi connectivity index (χ0) is 19.3. The van der Waals surface area contributed by atoms with E-state index in [2.05, 4.69) is 15.6 Å². The Hall–Kier alpha value is -1.06. The van der Waals surface area contributed by atoms with Crippen LogP contribution in [0.25, 0.3) is 0 Å². The number of hydrogen-bond donors (Lipinski definition) is 2. The molecule has 1 fully saturated rings. The minimum atomic E-state index is -4.15. The Balaban J connectivity index is 1.97. The largest absolute Gasteiger partial charge is 0.401 e. The van der Waals surface area contributed by atoms with Crippen LogP contribution in [0.15, 0.2) is 4.99 Å². The van der Waals surface area contributed by atoms with E-state index in [0.29, 0.717) is 38.0 Å². The van der Waals surface area contributed by atoms with Crippen molar-refractivity contribution in [1.82, 2.24) is 15.5 Å². The van der Waals surface area contributed by atoms with E-state index in [0.717, 1.165) is 45.6 Å². The number of alkyl halides is 3. The average Bonchev–Trinajstić information content (AvgIpc) is 2.59. The van der Waals surface area contributed by atoms with Gasteiger partial charge < -0.3 is 20.1 Å². The fourth-order valence-electron chi connectivity index (χ4n) is 2.71. The maximum absolute atomic E-state index is 12.2. The normalized spacial score (nSPS) is 16.9.